The van der Waals surface area contributed by atoms with Gasteiger partial charge in [-0.2, -0.15) is 0 Å². The fraction of sp³-hybridized carbons (Fsp3) is 0.333. The summed E-state index contributed by atoms with van der Waals surface area (Å²) in [5.41, 5.74) is 2.16. The van der Waals surface area contributed by atoms with Crippen LogP contribution in [0, 0.1) is 0 Å². The number of ether oxygens (including phenoxy) is 1. The number of carbonyl (C=O) groups is 2. The zero-order chi connectivity index (χ0) is 15.9. The van der Waals surface area contributed by atoms with Crippen molar-refractivity contribution >= 4 is 55.5 Å². The van der Waals surface area contributed by atoms with Gasteiger partial charge in [-0.25, -0.2) is 4.79 Å². The minimum absolute atomic E-state index is 0.136. The molecule has 2 heterocycles. The first-order chi connectivity index (χ1) is 10.4. The van der Waals surface area contributed by atoms with Crippen LogP contribution in [0.1, 0.15) is 12.5 Å². The number of alkyl halides is 2. The highest BCUT2D eigenvalue weighted by Gasteiger charge is 2.62. The van der Waals surface area contributed by atoms with E-state index in [-0.39, 0.29) is 17.9 Å². The first kappa shape index (κ1) is 16.1. The molecule has 2 aliphatic rings. The SMILES string of the molecule is CC1=C(C(=O)OCc2ccccc2)N2C(=O)C(Br)(Br)C2SC1. The van der Waals surface area contributed by atoms with Gasteiger partial charge in [-0.3, -0.25) is 9.69 Å². The van der Waals surface area contributed by atoms with E-state index in [2.05, 4.69) is 31.9 Å². The molecule has 1 aromatic carbocycles. The molecule has 0 radical (unpaired) electrons. The molecule has 3 rings (SSSR count). The van der Waals surface area contributed by atoms with Gasteiger partial charge < -0.3 is 4.74 Å². The average molecular weight is 447 g/mol. The molecule has 1 amide bonds. The number of benzene rings is 1. The second kappa shape index (κ2) is 6.02. The molecule has 22 heavy (non-hydrogen) atoms. The highest BCUT2D eigenvalue weighted by Crippen LogP contribution is 2.53. The summed E-state index contributed by atoms with van der Waals surface area (Å²) in [5.74, 6) is 0.0783. The van der Waals surface area contributed by atoms with Crippen LogP contribution in [0.4, 0.5) is 0 Å². The molecule has 0 N–H and O–H groups in total. The van der Waals surface area contributed by atoms with Crippen molar-refractivity contribution < 1.29 is 14.3 Å². The Morgan fingerprint density at radius 2 is 2.09 bits per heavy atom. The van der Waals surface area contributed by atoms with Crippen molar-refractivity contribution in [2.45, 2.75) is 22.1 Å². The summed E-state index contributed by atoms with van der Waals surface area (Å²) in [5, 5.41) is -0.136. The van der Waals surface area contributed by atoms with E-state index in [1.54, 1.807) is 11.8 Å². The maximum Gasteiger partial charge on any atom is 0.355 e. The second-order valence-electron chi connectivity index (χ2n) is 5.15. The van der Waals surface area contributed by atoms with Gasteiger partial charge in [0.05, 0.1) is 0 Å². The third-order valence-electron chi connectivity index (χ3n) is 3.56. The Labute approximate surface area is 149 Å². The number of β-lactam (4-membered cyclic amide) rings is 1. The first-order valence-electron chi connectivity index (χ1n) is 6.67. The average Bonchev–Trinajstić information content (AvgIpc) is 2.52. The van der Waals surface area contributed by atoms with Crippen LogP contribution in [0.3, 0.4) is 0 Å². The number of esters is 1. The van der Waals surface area contributed by atoms with E-state index >= 15 is 0 Å². The zero-order valence-corrected chi connectivity index (χ0v) is 15.7. The van der Waals surface area contributed by atoms with E-state index in [4.69, 9.17) is 4.74 Å². The highest BCUT2D eigenvalue weighted by atomic mass is 79.9. The molecule has 7 heteroatoms. The fourth-order valence-electron chi connectivity index (χ4n) is 2.41. The molecule has 0 bridgehead atoms. The first-order valence-corrected chi connectivity index (χ1v) is 9.30. The van der Waals surface area contributed by atoms with Gasteiger partial charge in [0.2, 0.25) is 0 Å². The number of nitrogens with zero attached hydrogens (tertiary/aromatic N) is 1. The molecule has 1 aromatic rings. The molecule has 2 aliphatic heterocycles. The van der Waals surface area contributed by atoms with Crippen molar-refractivity contribution in [3.8, 4) is 0 Å². The quantitative estimate of drug-likeness (QED) is 0.405. The van der Waals surface area contributed by atoms with Crippen LogP contribution in [0.2, 0.25) is 0 Å². The van der Waals surface area contributed by atoms with Gasteiger partial charge in [-0.1, -0.05) is 62.2 Å². The zero-order valence-electron chi connectivity index (χ0n) is 11.7. The van der Waals surface area contributed by atoms with Crippen molar-refractivity contribution in [1.29, 1.82) is 0 Å². The van der Waals surface area contributed by atoms with Gasteiger partial charge in [0.25, 0.3) is 5.91 Å². The Morgan fingerprint density at radius 1 is 1.41 bits per heavy atom. The topological polar surface area (TPSA) is 46.6 Å². The Balaban J connectivity index is 1.75. The molecular weight excluding hydrogens is 434 g/mol. The normalized spacial score (nSPS) is 23.0. The van der Waals surface area contributed by atoms with E-state index in [1.807, 2.05) is 37.3 Å². The van der Waals surface area contributed by atoms with Crippen LogP contribution in [0.25, 0.3) is 0 Å². The molecule has 1 atom stereocenters. The predicted octanol–water partition coefficient (Wildman–Crippen LogP) is 3.41. The molecule has 116 valence electrons. The third-order valence-corrected chi connectivity index (χ3v) is 7.19. The number of rotatable bonds is 3. The largest absolute Gasteiger partial charge is 0.456 e. The van der Waals surface area contributed by atoms with Crippen molar-refractivity contribution in [1.82, 2.24) is 4.90 Å². The lowest BCUT2D eigenvalue weighted by molar-refractivity contribution is -0.150. The number of halogens is 2. The van der Waals surface area contributed by atoms with Gasteiger partial charge >= 0.3 is 5.97 Å². The molecule has 1 unspecified atom stereocenters. The monoisotopic (exact) mass is 445 g/mol. The summed E-state index contributed by atoms with van der Waals surface area (Å²) < 4.78 is 4.60. The highest BCUT2D eigenvalue weighted by molar-refractivity contribution is 9.26. The van der Waals surface area contributed by atoms with Crippen LogP contribution in [0.15, 0.2) is 41.6 Å². The molecular formula is C15H13Br2NO3S. The van der Waals surface area contributed by atoms with Gasteiger partial charge in [-0.15, -0.1) is 11.8 Å². The number of fused-ring (bicyclic) bond motifs is 1. The summed E-state index contributed by atoms with van der Waals surface area (Å²) in [4.78, 5) is 26.2. The Morgan fingerprint density at radius 3 is 2.77 bits per heavy atom. The Hall–Kier alpha value is -0.790. The number of thioether (sulfide) groups is 1. The summed E-state index contributed by atoms with van der Waals surface area (Å²) in [6.07, 6.45) is 0. The number of amides is 1. The molecule has 1 fully saturated rings. The fourth-order valence-corrected chi connectivity index (χ4v) is 5.20. The van der Waals surface area contributed by atoms with E-state index in [1.165, 1.54) is 4.90 Å². The van der Waals surface area contributed by atoms with E-state index in [9.17, 15) is 9.59 Å². The molecule has 4 nitrogen and oxygen atoms in total. The molecule has 0 saturated carbocycles. The maximum absolute atomic E-state index is 12.4. The lowest BCUT2D eigenvalue weighted by Gasteiger charge is -2.52. The van der Waals surface area contributed by atoms with Gasteiger partial charge in [0, 0.05) is 5.75 Å². The van der Waals surface area contributed by atoms with Gasteiger partial charge in [0.15, 0.2) is 3.23 Å². The number of carbonyl (C=O) groups excluding carboxylic acids is 2. The summed E-state index contributed by atoms with van der Waals surface area (Å²) in [6.45, 7) is 2.06. The lowest BCUT2D eigenvalue weighted by atomic mass is 10.1. The summed E-state index contributed by atoms with van der Waals surface area (Å²) in [7, 11) is 0. The van der Waals surface area contributed by atoms with Crippen molar-refractivity contribution in [2.24, 2.45) is 0 Å². The van der Waals surface area contributed by atoms with E-state index < -0.39 is 9.20 Å². The molecule has 0 aromatic heterocycles. The Bertz CT molecular complexity index is 660. The van der Waals surface area contributed by atoms with Crippen LogP contribution in [-0.2, 0) is 20.9 Å². The molecule has 0 aliphatic carbocycles. The smallest absolute Gasteiger partial charge is 0.355 e. The van der Waals surface area contributed by atoms with Crippen molar-refractivity contribution in [3.05, 3.63) is 47.2 Å². The lowest BCUT2D eigenvalue weighted by Crippen LogP contribution is -2.67. The van der Waals surface area contributed by atoms with Crippen LogP contribution in [-0.4, -0.2) is 31.1 Å². The predicted molar refractivity (Wildman–Crippen MR) is 92.6 cm³/mol. The van der Waals surface area contributed by atoms with Crippen LogP contribution in [0.5, 0.6) is 0 Å². The van der Waals surface area contributed by atoms with Gasteiger partial charge in [0.1, 0.15) is 17.7 Å². The standard InChI is InChI=1S/C15H13Br2NO3S/c1-9-8-22-14-15(16,17)13(20)18(14)11(9)12(19)21-7-10-5-3-2-4-6-10/h2-6,14H,7-8H2,1H3. The molecule has 0 spiro atoms. The maximum atomic E-state index is 12.4. The van der Waals surface area contributed by atoms with Crippen molar-refractivity contribution in [3.63, 3.8) is 0 Å². The summed E-state index contributed by atoms with van der Waals surface area (Å²) in [6, 6.07) is 9.48. The van der Waals surface area contributed by atoms with Crippen molar-refractivity contribution in [2.75, 3.05) is 5.75 Å². The number of hydrogen-bond acceptors (Lipinski definition) is 4. The summed E-state index contributed by atoms with van der Waals surface area (Å²) >= 11 is 8.36. The van der Waals surface area contributed by atoms with Crippen LogP contribution >= 0.6 is 43.6 Å². The van der Waals surface area contributed by atoms with E-state index in [0.717, 1.165) is 11.1 Å². The molecule has 1 saturated heterocycles. The van der Waals surface area contributed by atoms with Crippen LogP contribution < -0.4 is 0 Å². The minimum atomic E-state index is -0.781. The van der Waals surface area contributed by atoms with Gasteiger partial charge in [-0.05, 0) is 18.1 Å². The van der Waals surface area contributed by atoms with E-state index in [0.29, 0.717) is 11.4 Å². The number of hydrogen-bond donors (Lipinski definition) is 0. The minimum Gasteiger partial charge on any atom is -0.456 e. The second-order valence-corrected chi connectivity index (χ2v) is 9.79. The Kier molecular flexibility index (Phi) is 4.40. The third kappa shape index (κ3) is 2.63.